The summed E-state index contributed by atoms with van der Waals surface area (Å²) in [6, 6.07) is 10.9. The van der Waals surface area contributed by atoms with Crippen LogP contribution in [0.3, 0.4) is 0 Å². The lowest BCUT2D eigenvalue weighted by Gasteiger charge is -2.11. The molecule has 0 aliphatic carbocycles. The van der Waals surface area contributed by atoms with Crippen LogP contribution in [0.5, 0.6) is 0 Å². The lowest BCUT2D eigenvalue weighted by atomic mass is 10.2. The van der Waals surface area contributed by atoms with Gasteiger partial charge in [-0.05, 0) is 24.3 Å². The van der Waals surface area contributed by atoms with Gasteiger partial charge in [-0.15, -0.1) is 0 Å². The molecule has 0 radical (unpaired) electrons. The molecule has 1 amide bonds. The summed E-state index contributed by atoms with van der Waals surface area (Å²) >= 11 is 6.11. The Morgan fingerprint density at radius 1 is 1.17 bits per heavy atom. The van der Waals surface area contributed by atoms with Gasteiger partial charge in [0.2, 0.25) is 0 Å². The lowest BCUT2D eigenvalue weighted by Crippen LogP contribution is -2.30. The van der Waals surface area contributed by atoms with Crippen LogP contribution in [-0.4, -0.2) is 33.7 Å². The topological polar surface area (TPSA) is 119 Å². The number of non-ortho nitro benzene ring substituents is 1. The maximum atomic E-state index is 13.6. The fourth-order valence-corrected chi connectivity index (χ4v) is 2.76. The maximum Gasteiger partial charge on any atom is 0.292 e. The second kappa shape index (κ2) is 9.14. The Kier molecular flexibility index (Phi) is 6.38. The summed E-state index contributed by atoms with van der Waals surface area (Å²) in [5, 5.41) is 20.0. The van der Waals surface area contributed by atoms with Gasteiger partial charge in [0.15, 0.2) is 0 Å². The lowest BCUT2D eigenvalue weighted by molar-refractivity contribution is -0.384. The van der Waals surface area contributed by atoms with E-state index < -0.39 is 22.2 Å². The number of anilines is 1. The Labute approximate surface area is 174 Å². The molecular weight excluding hydrogens is 417 g/mol. The molecule has 0 saturated heterocycles. The molecule has 0 aliphatic rings. The van der Waals surface area contributed by atoms with Crippen LogP contribution >= 0.6 is 11.6 Å². The van der Waals surface area contributed by atoms with Crippen LogP contribution in [0, 0.1) is 15.9 Å². The van der Waals surface area contributed by atoms with Gasteiger partial charge in [-0.3, -0.25) is 19.7 Å². The van der Waals surface area contributed by atoms with Gasteiger partial charge in [-0.25, -0.2) is 4.39 Å². The summed E-state index contributed by atoms with van der Waals surface area (Å²) < 4.78 is 14.6. The van der Waals surface area contributed by atoms with E-state index in [2.05, 4.69) is 15.7 Å². The molecule has 30 heavy (non-hydrogen) atoms. The molecule has 0 spiro atoms. The molecule has 0 saturated carbocycles. The van der Waals surface area contributed by atoms with E-state index in [0.29, 0.717) is 5.69 Å². The molecule has 3 aromatic rings. The number of nitro groups is 1. The molecule has 1 heterocycles. The van der Waals surface area contributed by atoms with Crippen molar-refractivity contribution >= 4 is 28.9 Å². The third-order valence-electron chi connectivity index (χ3n) is 4.07. The number of carbonyl (C=O) groups is 1. The van der Waals surface area contributed by atoms with Crippen molar-refractivity contribution in [2.45, 2.75) is 0 Å². The molecule has 0 bridgehead atoms. The zero-order chi connectivity index (χ0) is 21.7. The number of aromatic nitrogens is 2. The van der Waals surface area contributed by atoms with Gasteiger partial charge in [0.25, 0.3) is 17.2 Å². The normalized spacial score (nSPS) is 10.5. The number of amides is 1. The average Bonchev–Trinajstić information content (AvgIpc) is 2.74. The van der Waals surface area contributed by atoms with E-state index in [4.69, 9.17) is 11.6 Å². The van der Waals surface area contributed by atoms with Gasteiger partial charge in [-0.1, -0.05) is 23.7 Å². The summed E-state index contributed by atoms with van der Waals surface area (Å²) in [5.41, 5.74) is -0.237. The Bertz CT molecular complexity index is 1150. The number of halogens is 2. The highest BCUT2D eigenvalue weighted by atomic mass is 35.5. The summed E-state index contributed by atoms with van der Waals surface area (Å²) in [6.07, 6.45) is 1.32. The molecular formula is C19H15ClFN5O4. The fraction of sp³-hybridized carbons (Fsp3) is 0.105. The van der Waals surface area contributed by atoms with Crippen molar-refractivity contribution in [1.82, 2.24) is 15.1 Å². The molecule has 0 aliphatic heterocycles. The summed E-state index contributed by atoms with van der Waals surface area (Å²) in [5.74, 6) is -1.18. The molecule has 0 unspecified atom stereocenters. The maximum absolute atomic E-state index is 13.6. The predicted octanol–water partition coefficient (Wildman–Crippen LogP) is 2.78. The molecule has 0 fully saturated rings. The molecule has 2 N–H and O–H groups in total. The van der Waals surface area contributed by atoms with Crippen LogP contribution in [-0.2, 0) is 0 Å². The predicted molar refractivity (Wildman–Crippen MR) is 109 cm³/mol. The van der Waals surface area contributed by atoms with Gasteiger partial charge in [-0.2, -0.15) is 9.78 Å². The van der Waals surface area contributed by atoms with Crippen molar-refractivity contribution in [2.75, 3.05) is 18.4 Å². The zero-order valence-electron chi connectivity index (χ0n) is 15.3. The van der Waals surface area contributed by atoms with Crippen LogP contribution in [0.2, 0.25) is 5.02 Å². The van der Waals surface area contributed by atoms with E-state index in [1.807, 2.05) is 0 Å². The number of nitrogens with zero attached hydrogens (tertiary/aromatic N) is 3. The number of nitro benzene ring substituents is 1. The Balaban J connectivity index is 1.63. The van der Waals surface area contributed by atoms with E-state index >= 15 is 0 Å². The number of benzene rings is 2. The van der Waals surface area contributed by atoms with Gasteiger partial charge in [0.1, 0.15) is 10.8 Å². The number of hydrogen-bond acceptors (Lipinski definition) is 6. The van der Waals surface area contributed by atoms with Gasteiger partial charge in [0.05, 0.1) is 28.1 Å². The van der Waals surface area contributed by atoms with Crippen molar-refractivity contribution in [3.05, 3.63) is 91.6 Å². The Morgan fingerprint density at radius 3 is 2.53 bits per heavy atom. The smallest absolute Gasteiger partial charge is 0.292 e. The minimum atomic E-state index is -0.620. The second-order valence-electron chi connectivity index (χ2n) is 6.03. The minimum absolute atomic E-state index is 0.0668. The fourth-order valence-electron chi connectivity index (χ4n) is 2.57. The molecule has 0 atom stereocenters. The van der Waals surface area contributed by atoms with E-state index in [1.54, 1.807) is 6.07 Å². The van der Waals surface area contributed by atoms with Crippen LogP contribution in [0.15, 0.2) is 59.5 Å². The van der Waals surface area contributed by atoms with Crippen LogP contribution in [0.25, 0.3) is 5.69 Å². The zero-order valence-corrected chi connectivity index (χ0v) is 16.1. The van der Waals surface area contributed by atoms with Crippen LogP contribution in [0.4, 0.5) is 15.8 Å². The van der Waals surface area contributed by atoms with Crippen molar-refractivity contribution < 1.29 is 14.1 Å². The minimum Gasteiger partial charge on any atom is -0.381 e. The van der Waals surface area contributed by atoms with Gasteiger partial charge in [0, 0.05) is 25.2 Å². The molecule has 1 aromatic heterocycles. The monoisotopic (exact) mass is 431 g/mol. The summed E-state index contributed by atoms with van der Waals surface area (Å²) in [4.78, 5) is 34.6. The number of nitrogens with one attached hydrogen (secondary N) is 2. The highest BCUT2D eigenvalue weighted by molar-refractivity contribution is 6.32. The van der Waals surface area contributed by atoms with E-state index in [0.717, 1.165) is 4.68 Å². The number of carbonyl (C=O) groups excluding carboxylic acids is 1. The SMILES string of the molecule is O=C(NCCNc1cnn(-c2ccc([N+](=O)[O-])cc2)c(=O)c1Cl)c1ccccc1F. The first kappa shape index (κ1) is 20.9. The Morgan fingerprint density at radius 2 is 1.87 bits per heavy atom. The molecule has 2 aromatic carbocycles. The third-order valence-corrected chi connectivity index (χ3v) is 4.43. The second-order valence-corrected chi connectivity index (χ2v) is 6.40. The first-order chi connectivity index (χ1) is 14.4. The Hall–Kier alpha value is -3.79. The molecule has 154 valence electrons. The van der Waals surface area contributed by atoms with Crippen LogP contribution < -0.4 is 16.2 Å². The average molecular weight is 432 g/mol. The first-order valence-corrected chi connectivity index (χ1v) is 9.05. The van der Waals surface area contributed by atoms with Gasteiger partial charge < -0.3 is 10.6 Å². The highest BCUT2D eigenvalue weighted by Crippen LogP contribution is 2.18. The standard InChI is InChI=1S/C19H15ClFN5O4/c20-17-16(22-9-10-23-18(27)14-3-1-2-4-15(14)21)11-24-25(19(17)28)12-5-7-13(8-6-12)26(29)30/h1-8,11,22H,9-10H2,(H,23,27). The van der Waals surface area contributed by atoms with Crippen LogP contribution in [0.1, 0.15) is 10.4 Å². The number of rotatable bonds is 7. The van der Waals surface area contributed by atoms with Crippen molar-refractivity contribution in [2.24, 2.45) is 0 Å². The third kappa shape index (κ3) is 4.61. The van der Waals surface area contributed by atoms with Crippen molar-refractivity contribution in [3.63, 3.8) is 0 Å². The van der Waals surface area contributed by atoms with E-state index in [9.17, 15) is 24.1 Å². The van der Waals surface area contributed by atoms with E-state index in [-0.39, 0.29) is 35.1 Å². The molecule has 9 nitrogen and oxygen atoms in total. The largest absolute Gasteiger partial charge is 0.381 e. The summed E-state index contributed by atoms with van der Waals surface area (Å²) in [6.45, 7) is 0.359. The molecule has 3 rings (SSSR count). The summed E-state index contributed by atoms with van der Waals surface area (Å²) in [7, 11) is 0. The van der Waals surface area contributed by atoms with Crippen molar-refractivity contribution in [3.8, 4) is 5.69 Å². The van der Waals surface area contributed by atoms with E-state index in [1.165, 1.54) is 48.7 Å². The first-order valence-electron chi connectivity index (χ1n) is 8.67. The van der Waals surface area contributed by atoms with Gasteiger partial charge >= 0.3 is 0 Å². The number of hydrogen-bond donors (Lipinski definition) is 2. The van der Waals surface area contributed by atoms with Crippen molar-refractivity contribution in [1.29, 1.82) is 0 Å². The molecule has 11 heteroatoms. The highest BCUT2D eigenvalue weighted by Gasteiger charge is 2.13. The quantitative estimate of drug-likeness (QED) is 0.337.